The van der Waals surface area contributed by atoms with Gasteiger partial charge in [0, 0.05) is 0 Å². The van der Waals surface area contributed by atoms with Crippen LogP contribution < -0.4 is 0 Å². The van der Waals surface area contributed by atoms with E-state index in [-0.39, 0.29) is 0 Å². The Balaban J connectivity index is 3.11. The highest BCUT2D eigenvalue weighted by Gasteiger charge is 1.93. The van der Waals surface area contributed by atoms with Crippen LogP contribution in [0.1, 0.15) is 0 Å². The molecule has 0 atom stereocenters. The van der Waals surface area contributed by atoms with Crippen LogP contribution in [0.25, 0.3) is 0 Å². The first-order valence-electron chi connectivity index (χ1n) is 1.70. The molecule has 0 saturated carbocycles. The molecule has 2 nitrogen and oxygen atoms in total. The highest BCUT2D eigenvalue weighted by atomic mass is 33.1. The first-order chi connectivity index (χ1) is 3.84. The summed E-state index contributed by atoms with van der Waals surface area (Å²) in [6.45, 7) is 0. The predicted molar refractivity (Wildman–Crippen MR) is 42.1 cm³/mol. The Morgan fingerprint density at radius 1 is 1.88 bits per heavy atom. The second-order valence-corrected chi connectivity index (χ2v) is 3.57. The van der Waals surface area contributed by atoms with E-state index in [0.29, 0.717) is 0 Å². The summed E-state index contributed by atoms with van der Waals surface area (Å²) in [7, 11) is 1.26. The van der Waals surface area contributed by atoms with Crippen molar-refractivity contribution in [3.8, 4) is 0 Å². The standard InChI is InChI=1S/C2H2N2S4/c5-2-1(8-6)3-4-7-2/h4,6H. The first-order valence-corrected chi connectivity index (χ1v) is 4.79. The third kappa shape index (κ3) is 1.25. The van der Waals surface area contributed by atoms with Crippen LogP contribution in [0.2, 0.25) is 0 Å². The quantitative estimate of drug-likeness (QED) is 0.396. The van der Waals surface area contributed by atoms with Gasteiger partial charge in [-0.1, -0.05) is 12.2 Å². The van der Waals surface area contributed by atoms with E-state index >= 15 is 0 Å². The number of H-pyrrole nitrogens is 1. The van der Waals surface area contributed by atoms with Crippen molar-refractivity contribution in [1.29, 1.82) is 0 Å². The van der Waals surface area contributed by atoms with Gasteiger partial charge in [0.1, 0.15) is 3.82 Å². The van der Waals surface area contributed by atoms with Gasteiger partial charge in [-0.05, 0) is 22.3 Å². The van der Waals surface area contributed by atoms with Crippen LogP contribution in [-0.2, 0) is 0 Å². The fourth-order valence-corrected chi connectivity index (χ4v) is 2.12. The average molecular weight is 182 g/mol. The molecule has 0 amide bonds. The molecule has 0 radical (unpaired) electrons. The molecule has 8 heavy (non-hydrogen) atoms. The SMILES string of the molecule is S=c1s[nH]nc1SS. The summed E-state index contributed by atoms with van der Waals surface area (Å²) >= 11 is 10.1. The summed E-state index contributed by atoms with van der Waals surface area (Å²) in [6, 6.07) is 0. The molecule has 0 fully saturated rings. The Kier molecular flexibility index (Phi) is 2.36. The van der Waals surface area contributed by atoms with Gasteiger partial charge in [0.25, 0.3) is 0 Å². The van der Waals surface area contributed by atoms with Crippen LogP contribution >= 0.6 is 46.2 Å². The molecule has 1 N–H and O–H groups in total. The summed E-state index contributed by atoms with van der Waals surface area (Å²) in [6.07, 6.45) is 0. The number of thiol groups is 1. The lowest BCUT2D eigenvalue weighted by molar-refractivity contribution is 1.04. The van der Waals surface area contributed by atoms with Crippen molar-refractivity contribution in [2.45, 2.75) is 5.03 Å². The van der Waals surface area contributed by atoms with Crippen LogP contribution in [0.4, 0.5) is 0 Å². The largest absolute Gasteiger partial charge is 0.230 e. The van der Waals surface area contributed by atoms with Gasteiger partial charge in [-0.3, -0.25) is 0 Å². The highest BCUT2D eigenvalue weighted by Crippen LogP contribution is 2.20. The Morgan fingerprint density at radius 3 is 2.88 bits per heavy atom. The molecule has 6 heteroatoms. The van der Waals surface area contributed by atoms with Gasteiger partial charge in [0.15, 0.2) is 5.03 Å². The molecular formula is C2H2N2S4. The number of aromatic nitrogens is 2. The fraction of sp³-hybridized carbons (Fsp3) is 0. The zero-order valence-electron chi connectivity index (χ0n) is 3.62. The molecule has 0 saturated heterocycles. The van der Waals surface area contributed by atoms with E-state index in [1.807, 2.05) is 0 Å². The molecule has 1 aromatic rings. The minimum atomic E-state index is 0.769. The third-order valence-electron chi connectivity index (χ3n) is 0.547. The summed E-state index contributed by atoms with van der Waals surface area (Å²) in [5, 5.41) is 4.60. The molecule has 0 aromatic carbocycles. The number of rotatable bonds is 1. The minimum Gasteiger partial charge on any atom is -0.230 e. The normalized spacial score (nSPS) is 9.62. The number of hydrogen-bond donors (Lipinski definition) is 2. The lowest BCUT2D eigenvalue weighted by atomic mass is 11.0. The maximum absolute atomic E-state index is 4.84. The van der Waals surface area contributed by atoms with Crippen LogP contribution in [-0.4, -0.2) is 9.59 Å². The lowest BCUT2D eigenvalue weighted by Crippen LogP contribution is -1.63. The van der Waals surface area contributed by atoms with Crippen LogP contribution in [0, 0.1) is 3.82 Å². The summed E-state index contributed by atoms with van der Waals surface area (Å²) < 4.78 is 3.44. The van der Waals surface area contributed by atoms with Gasteiger partial charge in [-0.15, -0.1) is 11.7 Å². The molecule has 44 valence electrons. The van der Waals surface area contributed by atoms with E-state index < -0.39 is 0 Å². The van der Waals surface area contributed by atoms with Crippen molar-refractivity contribution in [2.75, 3.05) is 0 Å². The molecule has 1 aromatic heterocycles. The van der Waals surface area contributed by atoms with Crippen molar-refractivity contribution < 1.29 is 0 Å². The Labute approximate surface area is 64.7 Å². The van der Waals surface area contributed by atoms with Crippen LogP contribution in [0.5, 0.6) is 0 Å². The zero-order chi connectivity index (χ0) is 5.98. The van der Waals surface area contributed by atoms with Crippen molar-refractivity contribution >= 4 is 46.2 Å². The number of nitrogens with zero attached hydrogens (tertiary/aromatic N) is 1. The molecular weight excluding hydrogens is 180 g/mol. The maximum Gasteiger partial charge on any atom is 0.157 e. The van der Waals surface area contributed by atoms with Gasteiger partial charge in [0.2, 0.25) is 0 Å². The third-order valence-corrected chi connectivity index (χ3v) is 2.80. The summed E-state index contributed by atoms with van der Waals surface area (Å²) in [5.74, 6) is 0. The molecule has 0 bridgehead atoms. The second kappa shape index (κ2) is 2.86. The number of hydrogen-bond acceptors (Lipinski definition) is 5. The van der Waals surface area contributed by atoms with E-state index in [1.54, 1.807) is 0 Å². The molecule has 0 aliphatic carbocycles. The number of nitrogens with one attached hydrogen (secondary N) is 1. The smallest absolute Gasteiger partial charge is 0.157 e. The van der Waals surface area contributed by atoms with Crippen molar-refractivity contribution in [3.05, 3.63) is 3.82 Å². The summed E-state index contributed by atoms with van der Waals surface area (Å²) in [4.78, 5) is 0. The monoisotopic (exact) mass is 182 g/mol. The van der Waals surface area contributed by atoms with Gasteiger partial charge in [-0.25, -0.2) is 4.49 Å². The van der Waals surface area contributed by atoms with Gasteiger partial charge >= 0.3 is 0 Å². The molecule has 0 unspecified atom stereocenters. The topological polar surface area (TPSA) is 28.7 Å². The molecule has 0 aliphatic heterocycles. The van der Waals surface area contributed by atoms with Gasteiger partial charge < -0.3 is 0 Å². The van der Waals surface area contributed by atoms with Crippen LogP contribution in [0.3, 0.4) is 0 Å². The number of aromatic amines is 1. The lowest BCUT2D eigenvalue weighted by Gasteiger charge is -1.75. The zero-order valence-corrected chi connectivity index (χ0v) is 6.96. The fourth-order valence-electron chi connectivity index (χ4n) is 0.253. The van der Waals surface area contributed by atoms with Crippen molar-refractivity contribution in [3.63, 3.8) is 0 Å². The summed E-state index contributed by atoms with van der Waals surface area (Å²) in [5.41, 5.74) is 0. The van der Waals surface area contributed by atoms with Crippen molar-refractivity contribution in [1.82, 2.24) is 9.59 Å². The molecule has 1 rings (SSSR count). The highest BCUT2D eigenvalue weighted by molar-refractivity contribution is 8.68. The Hall–Kier alpha value is 0.480. The average Bonchev–Trinajstić information content (AvgIpc) is 2.14. The van der Waals surface area contributed by atoms with Crippen LogP contribution in [0.15, 0.2) is 5.03 Å². The van der Waals surface area contributed by atoms with E-state index in [4.69, 9.17) is 12.2 Å². The second-order valence-electron chi connectivity index (χ2n) is 0.989. The Bertz CT molecular complexity index is 212. The van der Waals surface area contributed by atoms with Gasteiger partial charge in [0.05, 0.1) is 0 Å². The maximum atomic E-state index is 4.84. The molecule has 0 spiro atoms. The minimum absolute atomic E-state index is 0.769. The predicted octanol–water partition coefficient (Wildman–Crippen LogP) is 2.14. The van der Waals surface area contributed by atoms with E-state index in [0.717, 1.165) is 8.85 Å². The first kappa shape index (κ1) is 6.60. The molecule has 1 heterocycles. The van der Waals surface area contributed by atoms with E-state index in [1.165, 1.54) is 22.3 Å². The van der Waals surface area contributed by atoms with Gasteiger partial charge in [-0.2, -0.15) is 5.10 Å². The Morgan fingerprint density at radius 2 is 2.62 bits per heavy atom. The van der Waals surface area contributed by atoms with E-state index in [9.17, 15) is 0 Å². The molecule has 0 aliphatic rings. The van der Waals surface area contributed by atoms with E-state index in [2.05, 4.69) is 21.2 Å². The van der Waals surface area contributed by atoms with Crippen molar-refractivity contribution in [2.24, 2.45) is 0 Å².